The number of ketones is 2. The molecule has 4 atom stereocenters. The van der Waals surface area contributed by atoms with Gasteiger partial charge in [0.05, 0.1) is 0 Å². The SMILES string of the molecule is O=C1c2ccccc2C(=O)C23OC12[C@@H]1C=C[C@H]3C1. The average Bonchev–Trinajstić information content (AvgIpc) is 2.82. The lowest BCUT2D eigenvalue weighted by Gasteiger charge is -2.25. The highest BCUT2D eigenvalue weighted by Crippen LogP contribution is 2.72. The van der Waals surface area contributed by atoms with Crippen LogP contribution in [0.1, 0.15) is 27.1 Å². The molecule has 3 nitrogen and oxygen atoms in total. The minimum absolute atomic E-state index is 0.00884. The lowest BCUT2D eigenvalue weighted by atomic mass is 9.69. The van der Waals surface area contributed by atoms with Gasteiger partial charge in [-0.25, -0.2) is 0 Å². The number of hydrogen-bond donors (Lipinski definition) is 0. The molecule has 3 aliphatic carbocycles. The third kappa shape index (κ3) is 0.627. The molecular weight excluding hydrogens is 228 g/mol. The topological polar surface area (TPSA) is 46.7 Å². The molecule has 2 fully saturated rings. The number of hydrogen-bond acceptors (Lipinski definition) is 3. The molecule has 1 aliphatic heterocycles. The van der Waals surface area contributed by atoms with Gasteiger partial charge in [0, 0.05) is 23.0 Å². The summed E-state index contributed by atoms with van der Waals surface area (Å²) >= 11 is 0. The molecule has 1 saturated carbocycles. The minimum atomic E-state index is -0.849. The van der Waals surface area contributed by atoms with Gasteiger partial charge in [-0.15, -0.1) is 0 Å². The van der Waals surface area contributed by atoms with E-state index in [1.54, 1.807) is 24.3 Å². The zero-order valence-electron chi connectivity index (χ0n) is 9.55. The molecule has 1 aromatic carbocycles. The van der Waals surface area contributed by atoms with Gasteiger partial charge in [-0.3, -0.25) is 9.59 Å². The monoisotopic (exact) mass is 238 g/mol. The van der Waals surface area contributed by atoms with Gasteiger partial charge in [-0.2, -0.15) is 0 Å². The highest BCUT2D eigenvalue weighted by atomic mass is 16.6. The van der Waals surface area contributed by atoms with Crippen molar-refractivity contribution in [3.05, 3.63) is 47.5 Å². The molecule has 0 aromatic heterocycles. The van der Waals surface area contributed by atoms with Gasteiger partial charge in [0.25, 0.3) is 0 Å². The third-order valence-corrected chi connectivity index (χ3v) is 5.05. The Balaban J connectivity index is 1.86. The van der Waals surface area contributed by atoms with E-state index < -0.39 is 11.2 Å². The largest absolute Gasteiger partial charge is 0.344 e. The average molecular weight is 238 g/mol. The summed E-state index contributed by atoms with van der Waals surface area (Å²) in [4.78, 5) is 25.4. The summed E-state index contributed by atoms with van der Waals surface area (Å²) in [5, 5.41) is 0. The first-order valence-electron chi connectivity index (χ1n) is 6.29. The Hall–Kier alpha value is -1.74. The molecule has 2 bridgehead atoms. The normalized spacial score (nSPS) is 45.8. The predicted molar refractivity (Wildman–Crippen MR) is 62.4 cm³/mol. The highest BCUT2D eigenvalue weighted by molar-refractivity contribution is 6.26. The Morgan fingerprint density at radius 1 is 0.944 bits per heavy atom. The van der Waals surface area contributed by atoms with Crippen molar-refractivity contribution in [2.24, 2.45) is 11.8 Å². The summed E-state index contributed by atoms with van der Waals surface area (Å²) in [6.07, 6.45) is 4.98. The Labute approximate surface area is 103 Å². The molecule has 0 N–H and O–H groups in total. The molecule has 5 rings (SSSR count). The van der Waals surface area contributed by atoms with E-state index in [2.05, 4.69) is 12.2 Å². The summed E-state index contributed by atoms with van der Waals surface area (Å²) < 4.78 is 5.82. The first-order chi connectivity index (χ1) is 8.72. The Kier molecular flexibility index (Phi) is 1.21. The van der Waals surface area contributed by atoms with Gasteiger partial charge in [0.1, 0.15) is 0 Å². The second-order valence-corrected chi connectivity index (χ2v) is 5.61. The molecule has 4 aliphatic rings. The fourth-order valence-electron chi connectivity index (χ4n) is 4.28. The molecule has 3 heteroatoms. The van der Waals surface area contributed by atoms with Crippen LogP contribution >= 0.6 is 0 Å². The Morgan fingerprint density at radius 3 is 1.94 bits per heavy atom. The van der Waals surface area contributed by atoms with Crippen LogP contribution in [0.15, 0.2) is 36.4 Å². The van der Waals surface area contributed by atoms with Crippen molar-refractivity contribution in [1.29, 1.82) is 0 Å². The Morgan fingerprint density at radius 2 is 1.44 bits per heavy atom. The van der Waals surface area contributed by atoms with E-state index in [0.717, 1.165) is 6.42 Å². The molecule has 0 radical (unpaired) electrons. The first kappa shape index (κ1) is 9.22. The van der Waals surface area contributed by atoms with E-state index in [1.165, 1.54) is 0 Å². The molecular formula is C15H10O3. The lowest BCUT2D eigenvalue weighted by molar-refractivity contribution is 0.0811. The number of Topliss-reactive ketones (excluding diaryl/α,β-unsaturated/α-hetero) is 2. The van der Waals surface area contributed by atoms with Crippen molar-refractivity contribution in [2.75, 3.05) is 0 Å². The second kappa shape index (κ2) is 2.36. The molecule has 1 aromatic rings. The highest BCUT2D eigenvalue weighted by Gasteiger charge is 2.89. The van der Waals surface area contributed by atoms with E-state index in [-0.39, 0.29) is 23.4 Å². The van der Waals surface area contributed by atoms with Gasteiger partial charge >= 0.3 is 0 Å². The zero-order chi connectivity index (χ0) is 12.1. The molecule has 88 valence electrons. The summed E-state index contributed by atoms with van der Waals surface area (Å²) in [6.45, 7) is 0. The van der Waals surface area contributed by atoms with Crippen LogP contribution in [0.25, 0.3) is 0 Å². The molecule has 1 saturated heterocycles. The summed E-state index contributed by atoms with van der Waals surface area (Å²) in [5.74, 6) is 0.198. The molecule has 1 heterocycles. The van der Waals surface area contributed by atoms with E-state index in [4.69, 9.17) is 4.74 Å². The smallest absolute Gasteiger partial charge is 0.199 e. The number of carbonyl (C=O) groups is 2. The number of fused-ring (bicyclic) bond motifs is 3. The van der Waals surface area contributed by atoms with Crippen molar-refractivity contribution < 1.29 is 14.3 Å². The van der Waals surface area contributed by atoms with Crippen molar-refractivity contribution in [3.63, 3.8) is 0 Å². The van der Waals surface area contributed by atoms with Crippen LogP contribution in [-0.2, 0) is 4.74 Å². The number of rotatable bonds is 0. The van der Waals surface area contributed by atoms with Crippen LogP contribution in [-0.4, -0.2) is 22.8 Å². The number of ether oxygens (including phenoxy) is 1. The molecule has 0 amide bonds. The summed E-state index contributed by atoms with van der Waals surface area (Å²) in [7, 11) is 0. The van der Waals surface area contributed by atoms with Gasteiger partial charge in [-0.05, 0) is 6.42 Å². The summed E-state index contributed by atoms with van der Waals surface area (Å²) in [5.41, 5.74) is -0.622. The maximum Gasteiger partial charge on any atom is 0.199 e. The van der Waals surface area contributed by atoms with Crippen molar-refractivity contribution in [2.45, 2.75) is 17.6 Å². The van der Waals surface area contributed by atoms with E-state index in [1.807, 2.05) is 0 Å². The van der Waals surface area contributed by atoms with Crippen molar-refractivity contribution in [1.82, 2.24) is 0 Å². The molecule has 18 heavy (non-hydrogen) atoms. The lowest BCUT2D eigenvalue weighted by Crippen LogP contribution is -2.47. The second-order valence-electron chi connectivity index (χ2n) is 5.61. The fraction of sp³-hybridized carbons (Fsp3) is 0.333. The molecule has 2 unspecified atom stereocenters. The molecule has 0 spiro atoms. The van der Waals surface area contributed by atoms with E-state index in [0.29, 0.717) is 11.1 Å². The van der Waals surface area contributed by atoms with Crippen molar-refractivity contribution in [3.8, 4) is 0 Å². The van der Waals surface area contributed by atoms with Gasteiger partial charge in [0.2, 0.25) is 0 Å². The van der Waals surface area contributed by atoms with Gasteiger partial charge < -0.3 is 4.74 Å². The fourth-order valence-corrected chi connectivity index (χ4v) is 4.28. The number of benzene rings is 1. The minimum Gasteiger partial charge on any atom is -0.344 e. The third-order valence-electron chi connectivity index (χ3n) is 5.05. The van der Waals surface area contributed by atoms with Crippen LogP contribution in [0.3, 0.4) is 0 Å². The van der Waals surface area contributed by atoms with Crippen LogP contribution in [0.2, 0.25) is 0 Å². The van der Waals surface area contributed by atoms with Crippen LogP contribution in [0.4, 0.5) is 0 Å². The van der Waals surface area contributed by atoms with E-state index >= 15 is 0 Å². The predicted octanol–water partition coefficient (Wildman–Crippen LogP) is 1.78. The standard InChI is InChI=1S/C15H10O3/c16-12-10-3-1-2-4-11(10)13(17)15-9-6-5-8(7-9)14(12,15)18-15/h1-6,8-9H,7H2/t8-,9+,14?,15?. The first-order valence-corrected chi connectivity index (χ1v) is 6.29. The summed E-state index contributed by atoms with van der Waals surface area (Å²) in [6, 6.07) is 7.09. The zero-order valence-corrected chi connectivity index (χ0v) is 9.55. The number of epoxide rings is 1. The van der Waals surface area contributed by atoms with Gasteiger partial charge in [0.15, 0.2) is 22.8 Å². The number of carbonyl (C=O) groups excluding carboxylic acids is 2. The maximum atomic E-state index is 12.7. The van der Waals surface area contributed by atoms with Crippen LogP contribution in [0, 0.1) is 11.8 Å². The Bertz CT molecular complexity index is 619. The van der Waals surface area contributed by atoms with E-state index in [9.17, 15) is 9.59 Å². The van der Waals surface area contributed by atoms with Gasteiger partial charge in [-0.1, -0.05) is 36.4 Å². The quantitative estimate of drug-likeness (QED) is 0.511. The van der Waals surface area contributed by atoms with Crippen LogP contribution < -0.4 is 0 Å². The van der Waals surface area contributed by atoms with Crippen molar-refractivity contribution >= 4 is 11.6 Å². The maximum absolute atomic E-state index is 12.7. The van der Waals surface area contributed by atoms with Crippen LogP contribution in [0.5, 0.6) is 0 Å².